The number of halogens is 1. The number of benzene rings is 2. The standard InChI is InChI=1S/C41H63ClN4O10SSi/c1-14-32-30-20-19-29(25-33(30)46(43-32)38(49)55-41(11,12)13)52-23-22-44(37(48)54-40(8,9)10)26-35(56-58(15-2,16-3)17-4)28-18-21-31(42)34(24-28)45(57(50)51)27-36(47)53-39(5,6)7/h18-21,24-25,35H,14-17,22-23,26-27H2,1-13H3,(H,50,51). The molecule has 1 N–H and O–H groups in total. The number of carbonyl (C=O) groups excluding carboxylic acids is 3. The van der Waals surface area contributed by atoms with Gasteiger partial charge in [0.25, 0.3) is 11.3 Å². The van der Waals surface area contributed by atoms with Gasteiger partial charge >= 0.3 is 18.2 Å². The van der Waals surface area contributed by atoms with Gasteiger partial charge in [0, 0.05) is 11.5 Å². The minimum Gasteiger partial charge on any atom is -0.492 e. The number of anilines is 1. The summed E-state index contributed by atoms with van der Waals surface area (Å²) in [5, 5.41) is 5.44. The Hall–Kier alpha value is -3.70. The molecule has 324 valence electrons. The number of ether oxygens (including phenoxy) is 4. The van der Waals surface area contributed by atoms with Crippen LogP contribution in [0.3, 0.4) is 0 Å². The lowest BCUT2D eigenvalue weighted by molar-refractivity contribution is -0.152. The van der Waals surface area contributed by atoms with Crippen LogP contribution < -0.4 is 9.04 Å². The Morgan fingerprint density at radius 3 is 2.02 bits per heavy atom. The number of aryl methyl sites for hydroxylation is 1. The van der Waals surface area contributed by atoms with Crippen molar-refractivity contribution in [1.82, 2.24) is 14.7 Å². The second-order valence-corrected chi connectivity index (χ2v) is 23.1. The molecular weight excluding hydrogens is 804 g/mol. The van der Waals surface area contributed by atoms with Crippen molar-refractivity contribution in [2.75, 3.05) is 30.5 Å². The molecule has 0 bridgehead atoms. The van der Waals surface area contributed by atoms with Crippen LogP contribution in [0.25, 0.3) is 10.9 Å². The minimum atomic E-state index is -2.64. The van der Waals surface area contributed by atoms with Gasteiger partial charge in [0.15, 0.2) is 8.32 Å². The third kappa shape index (κ3) is 14.0. The number of fused-ring (bicyclic) bond motifs is 1. The van der Waals surface area contributed by atoms with Gasteiger partial charge in [0.1, 0.15) is 35.7 Å². The number of hydrogen-bond donors (Lipinski definition) is 1. The van der Waals surface area contributed by atoms with E-state index in [0.29, 0.717) is 23.3 Å². The van der Waals surface area contributed by atoms with Crippen molar-refractivity contribution in [3.8, 4) is 5.75 Å². The van der Waals surface area contributed by atoms with Crippen molar-refractivity contribution in [3.63, 3.8) is 0 Å². The molecule has 0 fully saturated rings. The summed E-state index contributed by atoms with van der Waals surface area (Å²) in [5.41, 5.74) is -0.385. The SMILES string of the molecule is CCc1nn(C(=O)OC(C)(C)C)c2cc(OCCN(CC(O[Si](CC)(CC)CC)c3ccc(Cl)c(N(CC(=O)OC(C)(C)C)S(=O)O)c3)C(=O)OC(C)(C)C)ccc12. The zero-order chi connectivity index (χ0) is 43.8. The molecule has 3 aromatic rings. The summed E-state index contributed by atoms with van der Waals surface area (Å²) in [7, 11) is -2.37. The summed E-state index contributed by atoms with van der Waals surface area (Å²) in [5.74, 6) is -0.260. The first-order chi connectivity index (χ1) is 26.8. The van der Waals surface area contributed by atoms with E-state index in [-0.39, 0.29) is 30.4 Å². The maximum atomic E-state index is 13.9. The quantitative estimate of drug-likeness (QED) is 0.0596. The smallest absolute Gasteiger partial charge is 0.435 e. The highest BCUT2D eigenvalue weighted by atomic mass is 35.5. The van der Waals surface area contributed by atoms with Crippen molar-refractivity contribution < 1.29 is 46.5 Å². The second-order valence-electron chi connectivity index (χ2n) is 17.1. The fourth-order valence-corrected chi connectivity index (χ4v) is 9.78. The first kappa shape index (κ1) is 48.7. The molecule has 58 heavy (non-hydrogen) atoms. The van der Waals surface area contributed by atoms with E-state index in [4.69, 9.17) is 35.0 Å². The van der Waals surface area contributed by atoms with Gasteiger partial charge in [-0.05, 0) is 117 Å². The molecule has 1 amide bonds. The van der Waals surface area contributed by atoms with E-state index in [0.717, 1.165) is 33.5 Å². The van der Waals surface area contributed by atoms with E-state index in [1.54, 1.807) is 92.6 Å². The molecule has 3 rings (SSSR count). The second kappa shape index (κ2) is 20.0. The average molecular weight is 868 g/mol. The highest BCUT2D eigenvalue weighted by Crippen LogP contribution is 2.36. The van der Waals surface area contributed by atoms with E-state index in [1.165, 1.54) is 9.58 Å². The maximum Gasteiger partial charge on any atom is 0.435 e. The van der Waals surface area contributed by atoms with Crippen molar-refractivity contribution in [2.24, 2.45) is 0 Å². The molecule has 1 aromatic heterocycles. The van der Waals surface area contributed by atoms with Crippen LogP contribution >= 0.6 is 11.6 Å². The molecule has 1 heterocycles. The molecular formula is C41H63ClN4O10SSi. The summed E-state index contributed by atoms with van der Waals surface area (Å²) in [6.45, 7) is 23.7. The van der Waals surface area contributed by atoms with Crippen LogP contribution in [-0.2, 0) is 41.1 Å². The molecule has 0 aliphatic heterocycles. The van der Waals surface area contributed by atoms with E-state index in [1.807, 2.05) is 13.0 Å². The average Bonchev–Trinajstić information content (AvgIpc) is 3.48. The van der Waals surface area contributed by atoms with Crippen LogP contribution in [-0.4, -0.2) is 93.0 Å². The molecule has 0 saturated heterocycles. The van der Waals surface area contributed by atoms with E-state index in [2.05, 4.69) is 25.9 Å². The van der Waals surface area contributed by atoms with Crippen molar-refractivity contribution in [1.29, 1.82) is 0 Å². The van der Waals surface area contributed by atoms with Crippen molar-refractivity contribution in [3.05, 3.63) is 52.7 Å². The Labute approximate surface area is 352 Å². The number of rotatable bonds is 17. The van der Waals surface area contributed by atoms with E-state index in [9.17, 15) is 23.1 Å². The van der Waals surface area contributed by atoms with E-state index >= 15 is 0 Å². The van der Waals surface area contributed by atoms with Gasteiger partial charge in [-0.2, -0.15) is 9.78 Å². The Kier molecular flexibility index (Phi) is 16.8. The fourth-order valence-electron chi connectivity index (χ4n) is 6.16. The van der Waals surface area contributed by atoms with Crippen molar-refractivity contribution in [2.45, 2.75) is 137 Å². The number of amides is 1. The monoisotopic (exact) mass is 866 g/mol. The maximum absolute atomic E-state index is 13.9. The van der Waals surface area contributed by atoms with Crippen LogP contribution in [0.4, 0.5) is 15.3 Å². The molecule has 2 aromatic carbocycles. The summed E-state index contributed by atoms with van der Waals surface area (Å²) >= 11 is 3.98. The van der Waals surface area contributed by atoms with Gasteiger partial charge in [-0.1, -0.05) is 45.4 Å². The predicted octanol–water partition coefficient (Wildman–Crippen LogP) is 9.70. The lowest BCUT2D eigenvalue weighted by Gasteiger charge is -2.37. The van der Waals surface area contributed by atoms with E-state index < -0.39 is 67.2 Å². The van der Waals surface area contributed by atoms with Gasteiger partial charge in [0.05, 0.1) is 41.1 Å². The lowest BCUT2D eigenvalue weighted by Crippen LogP contribution is -2.45. The Balaban J connectivity index is 2.04. The Morgan fingerprint density at radius 2 is 1.48 bits per heavy atom. The summed E-state index contributed by atoms with van der Waals surface area (Å²) < 4.78 is 55.4. The van der Waals surface area contributed by atoms with Crippen molar-refractivity contribution >= 4 is 65.9 Å². The first-order valence-corrected chi connectivity index (χ1v) is 23.7. The molecule has 0 radical (unpaired) electrons. The normalized spacial score (nSPS) is 13.5. The minimum absolute atomic E-state index is 0.0344. The molecule has 0 spiro atoms. The summed E-state index contributed by atoms with van der Waals surface area (Å²) in [4.78, 5) is 41.4. The molecule has 2 unspecified atom stereocenters. The van der Waals surface area contributed by atoms with Gasteiger partial charge in [-0.15, -0.1) is 0 Å². The number of aromatic nitrogens is 2. The molecule has 0 aliphatic rings. The van der Waals surface area contributed by atoms with Crippen LogP contribution in [0, 0.1) is 0 Å². The number of hydrogen-bond acceptors (Lipinski definition) is 10. The summed E-state index contributed by atoms with van der Waals surface area (Å²) in [6.07, 6.45) is -1.32. The number of nitrogens with zero attached hydrogens (tertiary/aromatic N) is 4. The number of esters is 1. The molecule has 0 saturated carbocycles. The zero-order valence-electron chi connectivity index (χ0n) is 36.4. The molecule has 17 heteroatoms. The first-order valence-electron chi connectivity index (χ1n) is 19.8. The Bertz CT molecular complexity index is 1910. The number of carbonyl (C=O) groups is 3. The van der Waals surface area contributed by atoms with Crippen LogP contribution in [0.15, 0.2) is 36.4 Å². The summed E-state index contributed by atoms with van der Waals surface area (Å²) in [6, 6.07) is 12.7. The lowest BCUT2D eigenvalue weighted by atomic mass is 10.1. The predicted molar refractivity (Wildman–Crippen MR) is 230 cm³/mol. The van der Waals surface area contributed by atoms with Gasteiger partial charge in [-0.25, -0.2) is 13.8 Å². The fraction of sp³-hybridized carbons (Fsp3) is 0.610. The third-order valence-corrected chi connectivity index (χ3v) is 14.8. The topological polar surface area (TPSA) is 159 Å². The highest BCUT2D eigenvalue weighted by Gasteiger charge is 2.36. The highest BCUT2D eigenvalue weighted by molar-refractivity contribution is 7.80. The Morgan fingerprint density at radius 1 is 0.879 bits per heavy atom. The molecule has 2 atom stereocenters. The molecule has 0 aliphatic carbocycles. The molecule has 14 nitrogen and oxygen atoms in total. The largest absolute Gasteiger partial charge is 0.492 e. The van der Waals surface area contributed by atoms with Crippen LogP contribution in [0.1, 0.15) is 107 Å². The van der Waals surface area contributed by atoms with Gasteiger partial charge < -0.3 is 28.3 Å². The zero-order valence-corrected chi connectivity index (χ0v) is 39.0. The van der Waals surface area contributed by atoms with Crippen LogP contribution in [0.2, 0.25) is 23.2 Å². The van der Waals surface area contributed by atoms with Gasteiger partial charge in [0.2, 0.25) is 0 Å². The van der Waals surface area contributed by atoms with Crippen LogP contribution in [0.5, 0.6) is 5.75 Å². The third-order valence-electron chi connectivity index (χ3n) is 9.12. The van der Waals surface area contributed by atoms with Gasteiger partial charge in [-0.3, -0.25) is 13.7 Å².